The SMILES string of the molecule is Nc1cc(Cl)c(O)cc1C(=O)CCl. The molecule has 0 atom stereocenters. The van der Waals surface area contributed by atoms with Crippen LogP contribution in [0, 0.1) is 0 Å². The molecular weight excluding hydrogens is 213 g/mol. The van der Waals surface area contributed by atoms with Crippen molar-refractivity contribution in [1.82, 2.24) is 0 Å². The summed E-state index contributed by atoms with van der Waals surface area (Å²) in [7, 11) is 0. The van der Waals surface area contributed by atoms with E-state index in [1.165, 1.54) is 12.1 Å². The first-order valence-corrected chi connectivity index (χ1v) is 4.34. The molecule has 13 heavy (non-hydrogen) atoms. The number of phenols is 1. The first-order chi connectivity index (χ1) is 6.06. The van der Waals surface area contributed by atoms with Crippen LogP contribution in [0.2, 0.25) is 5.02 Å². The molecule has 3 N–H and O–H groups in total. The lowest BCUT2D eigenvalue weighted by Crippen LogP contribution is -2.04. The van der Waals surface area contributed by atoms with Gasteiger partial charge in [0.2, 0.25) is 0 Å². The molecule has 0 radical (unpaired) electrons. The fourth-order valence-electron chi connectivity index (χ4n) is 0.891. The largest absolute Gasteiger partial charge is 0.506 e. The third kappa shape index (κ3) is 2.05. The second kappa shape index (κ2) is 3.85. The molecule has 1 rings (SSSR count). The number of carbonyl (C=O) groups excluding carboxylic acids is 1. The molecule has 0 aliphatic heterocycles. The number of carbonyl (C=O) groups is 1. The zero-order chi connectivity index (χ0) is 10.0. The first-order valence-electron chi connectivity index (χ1n) is 3.43. The van der Waals surface area contributed by atoms with Gasteiger partial charge in [0.15, 0.2) is 5.78 Å². The van der Waals surface area contributed by atoms with E-state index in [4.69, 9.17) is 28.9 Å². The normalized spacial score (nSPS) is 10.0. The van der Waals surface area contributed by atoms with Gasteiger partial charge in [0.25, 0.3) is 0 Å². The first kappa shape index (κ1) is 10.2. The summed E-state index contributed by atoms with van der Waals surface area (Å²) in [5.74, 6) is -0.693. The lowest BCUT2D eigenvalue weighted by molar-refractivity contribution is 0.102. The van der Waals surface area contributed by atoms with E-state index in [-0.39, 0.29) is 33.7 Å². The van der Waals surface area contributed by atoms with Crippen LogP contribution in [0.4, 0.5) is 5.69 Å². The Labute approximate surface area is 85.1 Å². The lowest BCUT2D eigenvalue weighted by Gasteiger charge is -2.04. The molecule has 0 amide bonds. The van der Waals surface area contributed by atoms with Crippen LogP contribution >= 0.6 is 23.2 Å². The summed E-state index contributed by atoms with van der Waals surface area (Å²) in [5, 5.41) is 9.30. The lowest BCUT2D eigenvalue weighted by atomic mass is 10.1. The topological polar surface area (TPSA) is 63.3 Å². The molecule has 0 aromatic heterocycles. The maximum absolute atomic E-state index is 11.1. The van der Waals surface area contributed by atoms with Gasteiger partial charge in [0.05, 0.1) is 10.9 Å². The summed E-state index contributed by atoms with van der Waals surface area (Å²) in [6.45, 7) is 0. The Morgan fingerprint density at radius 1 is 1.54 bits per heavy atom. The van der Waals surface area contributed by atoms with Crippen LogP contribution in [0.1, 0.15) is 10.4 Å². The second-order valence-electron chi connectivity index (χ2n) is 2.45. The van der Waals surface area contributed by atoms with Crippen molar-refractivity contribution < 1.29 is 9.90 Å². The van der Waals surface area contributed by atoms with Crippen molar-refractivity contribution in [2.45, 2.75) is 0 Å². The van der Waals surface area contributed by atoms with Gasteiger partial charge in [0.1, 0.15) is 5.75 Å². The number of nitrogen functional groups attached to an aromatic ring is 1. The Bertz CT molecular complexity index is 352. The van der Waals surface area contributed by atoms with Crippen LogP contribution in [-0.2, 0) is 0 Å². The minimum Gasteiger partial charge on any atom is -0.506 e. The second-order valence-corrected chi connectivity index (χ2v) is 3.12. The molecule has 0 aliphatic rings. The molecule has 0 aliphatic carbocycles. The molecule has 0 bridgehead atoms. The molecule has 3 nitrogen and oxygen atoms in total. The summed E-state index contributed by atoms with van der Waals surface area (Å²) in [6.07, 6.45) is 0. The van der Waals surface area contributed by atoms with E-state index in [1.807, 2.05) is 0 Å². The Morgan fingerprint density at radius 2 is 2.15 bits per heavy atom. The van der Waals surface area contributed by atoms with E-state index >= 15 is 0 Å². The van der Waals surface area contributed by atoms with Crippen LogP contribution in [0.5, 0.6) is 5.75 Å². The Balaban J connectivity index is 3.23. The number of ketones is 1. The van der Waals surface area contributed by atoms with Crippen molar-refractivity contribution in [2.75, 3.05) is 11.6 Å². The van der Waals surface area contributed by atoms with E-state index in [9.17, 15) is 9.90 Å². The molecule has 0 saturated carbocycles. The van der Waals surface area contributed by atoms with Gasteiger partial charge < -0.3 is 10.8 Å². The maximum atomic E-state index is 11.1. The van der Waals surface area contributed by atoms with Crippen LogP contribution in [-0.4, -0.2) is 16.8 Å². The van der Waals surface area contributed by atoms with Gasteiger partial charge in [-0.2, -0.15) is 0 Å². The molecule has 0 fully saturated rings. The number of hydrogen-bond donors (Lipinski definition) is 2. The highest BCUT2D eigenvalue weighted by molar-refractivity contribution is 6.33. The van der Waals surface area contributed by atoms with Crippen molar-refractivity contribution in [2.24, 2.45) is 0 Å². The van der Waals surface area contributed by atoms with Crippen molar-refractivity contribution >= 4 is 34.7 Å². The molecule has 0 saturated heterocycles. The van der Waals surface area contributed by atoms with E-state index in [0.29, 0.717) is 0 Å². The van der Waals surface area contributed by atoms with Gasteiger partial charge in [0, 0.05) is 11.3 Å². The fourth-order valence-corrected chi connectivity index (χ4v) is 1.21. The molecule has 5 heteroatoms. The van der Waals surface area contributed by atoms with Crippen molar-refractivity contribution in [3.8, 4) is 5.75 Å². The molecule has 0 heterocycles. The quantitative estimate of drug-likeness (QED) is 0.347. The van der Waals surface area contributed by atoms with Crippen LogP contribution in [0.3, 0.4) is 0 Å². The summed E-state index contributed by atoms with van der Waals surface area (Å²) < 4.78 is 0. The van der Waals surface area contributed by atoms with Gasteiger partial charge >= 0.3 is 0 Å². The smallest absolute Gasteiger partial charge is 0.179 e. The Kier molecular flexibility index (Phi) is 3.01. The number of Topliss-reactive ketones (excluding diaryl/α,β-unsaturated/α-hetero) is 1. The van der Waals surface area contributed by atoms with Gasteiger partial charge in [-0.05, 0) is 12.1 Å². The number of alkyl halides is 1. The van der Waals surface area contributed by atoms with E-state index in [1.54, 1.807) is 0 Å². The predicted octanol–water partition coefficient (Wildman–Crippen LogP) is 2.05. The highest BCUT2D eigenvalue weighted by atomic mass is 35.5. The minimum atomic E-state index is -0.342. The minimum absolute atomic E-state index is 0.114. The number of hydrogen-bond acceptors (Lipinski definition) is 3. The van der Waals surface area contributed by atoms with Gasteiger partial charge in [-0.3, -0.25) is 4.79 Å². The summed E-state index contributed by atoms with van der Waals surface area (Å²) in [5.41, 5.74) is 5.90. The summed E-state index contributed by atoms with van der Waals surface area (Å²) >= 11 is 10.9. The molecule has 0 spiro atoms. The van der Waals surface area contributed by atoms with Crippen LogP contribution in [0.25, 0.3) is 0 Å². The van der Waals surface area contributed by atoms with E-state index < -0.39 is 0 Å². The number of benzene rings is 1. The van der Waals surface area contributed by atoms with Gasteiger partial charge in [-0.15, -0.1) is 11.6 Å². The third-order valence-corrected chi connectivity index (χ3v) is 2.09. The number of halogens is 2. The molecule has 1 aromatic carbocycles. The highest BCUT2D eigenvalue weighted by Crippen LogP contribution is 2.28. The zero-order valence-electron chi connectivity index (χ0n) is 6.55. The average Bonchev–Trinajstić information content (AvgIpc) is 2.10. The molecular formula is C8H7Cl2NO2. The van der Waals surface area contributed by atoms with Crippen molar-refractivity contribution in [3.63, 3.8) is 0 Å². The summed E-state index contributed by atoms with van der Waals surface area (Å²) in [6, 6.07) is 2.53. The Morgan fingerprint density at radius 3 is 2.69 bits per heavy atom. The van der Waals surface area contributed by atoms with E-state index in [0.717, 1.165) is 0 Å². The Hall–Kier alpha value is -0.930. The van der Waals surface area contributed by atoms with Crippen molar-refractivity contribution in [1.29, 1.82) is 0 Å². The third-order valence-electron chi connectivity index (χ3n) is 1.54. The standard InChI is InChI=1S/C8H7Cl2NO2/c9-3-8(13)4-1-7(12)5(10)2-6(4)11/h1-2,12H,3,11H2. The highest BCUT2D eigenvalue weighted by Gasteiger charge is 2.11. The summed E-state index contributed by atoms with van der Waals surface area (Å²) in [4.78, 5) is 11.1. The monoisotopic (exact) mass is 219 g/mol. The molecule has 1 aromatic rings. The number of anilines is 1. The number of phenolic OH excluding ortho intramolecular Hbond substituents is 1. The predicted molar refractivity (Wildman–Crippen MR) is 52.6 cm³/mol. The van der Waals surface area contributed by atoms with Gasteiger partial charge in [-0.25, -0.2) is 0 Å². The number of nitrogens with two attached hydrogens (primary N) is 1. The molecule has 0 unspecified atom stereocenters. The fraction of sp³-hybridized carbons (Fsp3) is 0.125. The zero-order valence-corrected chi connectivity index (χ0v) is 8.06. The van der Waals surface area contributed by atoms with E-state index in [2.05, 4.69) is 0 Å². The number of rotatable bonds is 2. The van der Waals surface area contributed by atoms with Crippen LogP contribution < -0.4 is 5.73 Å². The van der Waals surface area contributed by atoms with Gasteiger partial charge in [-0.1, -0.05) is 11.6 Å². The average molecular weight is 220 g/mol. The van der Waals surface area contributed by atoms with Crippen LogP contribution in [0.15, 0.2) is 12.1 Å². The number of aromatic hydroxyl groups is 1. The molecule has 70 valence electrons. The van der Waals surface area contributed by atoms with Crippen molar-refractivity contribution in [3.05, 3.63) is 22.7 Å². The maximum Gasteiger partial charge on any atom is 0.179 e.